The summed E-state index contributed by atoms with van der Waals surface area (Å²) in [7, 11) is 0. The molecular formula is C14H12O2. The van der Waals surface area contributed by atoms with E-state index in [-0.39, 0.29) is 5.78 Å². The summed E-state index contributed by atoms with van der Waals surface area (Å²) in [5.74, 6) is 0.900. The van der Waals surface area contributed by atoms with Crippen LogP contribution in [0.2, 0.25) is 0 Å². The van der Waals surface area contributed by atoms with E-state index in [2.05, 4.69) is 0 Å². The van der Waals surface area contributed by atoms with Crippen LogP contribution in [0.1, 0.15) is 28.6 Å². The molecule has 0 spiro atoms. The van der Waals surface area contributed by atoms with Gasteiger partial charge in [0.25, 0.3) is 0 Å². The third kappa shape index (κ3) is 2.48. The van der Waals surface area contributed by atoms with E-state index in [0.29, 0.717) is 0 Å². The van der Waals surface area contributed by atoms with Crippen molar-refractivity contribution in [1.29, 1.82) is 0 Å². The van der Waals surface area contributed by atoms with Crippen molar-refractivity contribution in [3.05, 3.63) is 59.5 Å². The molecule has 16 heavy (non-hydrogen) atoms. The molecule has 0 saturated heterocycles. The van der Waals surface area contributed by atoms with Gasteiger partial charge in [0, 0.05) is 5.56 Å². The Hall–Kier alpha value is -2.09. The van der Waals surface area contributed by atoms with Crippen LogP contribution in [-0.4, -0.2) is 5.78 Å². The maximum Gasteiger partial charge on any atom is 0.159 e. The standard InChI is InChI=1S/C14H12O2/c1-11(15)13-7-4-12(5-8-13)6-9-14-3-2-10-16-14/h2-10H,1H3. The predicted octanol–water partition coefficient (Wildman–Crippen LogP) is 3.65. The van der Waals surface area contributed by atoms with E-state index >= 15 is 0 Å². The highest BCUT2D eigenvalue weighted by Gasteiger charge is 1.97. The molecule has 0 unspecified atom stereocenters. The molecule has 0 aliphatic heterocycles. The van der Waals surface area contributed by atoms with Crippen LogP contribution in [0.3, 0.4) is 0 Å². The van der Waals surface area contributed by atoms with Crippen molar-refractivity contribution in [1.82, 2.24) is 0 Å². The average molecular weight is 212 g/mol. The van der Waals surface area contributed by atoms with Gasteiger partial charge in [0.05, 0.1) is 6.26 Å². The van der Waals surface area contributed by atoms with E-state index in [1.54, 1.807) is 13.2 Å². The minimum Gasteiger partial charge on any atom is -0.465 e. The van der Waals surface area contributed by atoms with Crippen LogP contribution in [0.15, 0.2) is 47.1 Å². The quantitative estimate of drug-likeness (QED) is 0.727. The summed E-state index contributed by atoms with van der Waals surface area (Å²) in [5.41, 5.74) is 1.77. The van der Waals surface area contributed by atoms with Gasteiger partial charge in [-0.3, -0.25) is 4.79 Å². The van der Waals surface area contributed by atoms with Crippen LogP contribution in [0.4, 0.5) is 0 Å². The summed E-state index contributed by atoms with van der Waals surface area (Å²) in [6.07, 6.45) is 5.48. The number of benzene rings is 1. The lowest BCUT2D eigenvalue weighted by molar-refractivity contribution is 0.101. The number of ketones is 1. The van der Waals surface area contributed by atoms with Crippen LogP contribution in [0.5, 0.6) is 0 Å². The first-order valence-corrected chi connectivity index (χ1v) is 5.08. The summed E-state index contributed by atoms with van der Waals surface area (Å²) in [6.45, 7) is 1.56. The third-order valence-corrected chi connectivity index (χ3v) is 2.30. The van der Waals surface area contributed by atoms with Gasteiger partial charge < -0.3 is 4.42 Å². The Morgan fingerprint density at radius 1 is 1.12 bits per heavy atom. The molecule has 0 aliphatic rings. The lowest BCUT2D eigenvalue weighted by atomic mass is 10.1. The highest BCUT2D eigenvalue weighted by atomic mass is 16.3. The summed E-state index contributed by atoms with van der Waals surface area (Å²) < 4.78 is 5.18. The van der Waals surface area contributed by atoms with Gasteiger partial charge in [-0.2, -0.15) is 0 Å². The van der Waals surface area contributed by atoms with Crippen molar-refractivity contribution < 1.29 is 9.21 Å². The molecular weight excluding hydrogens is 200 g/mol. The highest BCUT2D eigenvalue weighted by Crippen LogP contribution is 2.10. The molecule has 0 bridgehead atoms. The van der Waals surface area contributed by atoms with Gasteiger partial charge >= 0.3 is 0 Å². The minimum absolute atomic E-state index is 0.0848. The average Bonchev–Trinajstić information content (AvgIpc) is 2.80. The van der Waals surface area contributed by atoms with Crippen molar-refractivity contribution in [2.45, 2.75) is 6.92 Å². The SMILES string of the molecule is CC(=O)c1ccc(C=Cc2ccco2)cc1. The molecule has 80 valence electrons. The van der Waals surface area contributed by atoms with E-state index in [0.717, 1.165) is 16.9 Å². The summed E-state index contributed by atoms with van der Waals surface area (Å²) >= 11 is 0. The molecule has 2 rings (SSSR count). The molecule has 0 radical (unpaired) electrons. The van der Waals surface area contributed by atoms with E-state index < -0.39 is 0 Å². The van der Waals surface area contributed by atoms with E-state index in [4.69, 9.17) is 4.42 Å². The monoisotopic (exact) mass is 212 g/mol. The van der Waals surface area contributed by atoms with Crippen molar-refractivity contribution in [3.63, 3.8) is 0 Å². The smallest absolute Gasteiger partial charge is 0.159 e. The number of carbonyl (C=O) groups is 1. The van der Waals surface area contributed by atoms with Gasteiger partial charge in [-0.1, -0.05) is 30.3 Å². The first kappa shape index (κ1) is 10.4. The van der Waals surface area contributed by atoms with Gasteiger partial charge in [0.2, 0.25) is 0 Å². The molecule has 2 heteroatoms. The second kappa shape index (κ2) is 4.62. The lowest BCUT2D eigenvalue weighted by Crippen LogP contribution is -1.90. The predicted molar refractivity (Wildman–Crippen MR) is 64.1 cm³/mol. The number of hydrogen-bond donors (Lipinski definition) is 0. The maximum atomic E-state index is 11.1. The molecule has 2 nitrogen and oxygen atoms in total. The van der Waals surface area contributed by atoms with Crippen molar-refractivity contribution in [3.8, 4) is 0 Å². The topological polar surface area (TPSA) is 30.2 Å². The second-order valence-electron chi connectivity index (χ2n) is 3.53. The molecule has 0 N–H and O–H groups in total. The van der Waals surface area contributed by atoms with Crippen LogP contribution in [0.25, 0.3) is 12.2 Å². The number of Topliss-reactive ketones (excluding diaryl/α,β-unsaturated/α-hetero) is 1. The van der Waals surface area contributed by atoms with Crippen molar-refractivity contribution in [2.75, 3.05) is 0 Å². The first-order valence-electron chi connectivity index (χ1n) is 5.08. The zero-order chi connectivity index (χ0) is 11.4. The largest absolute Gasteiger partial charge is 0.465 e. The fourth-order valence-corrected chi connectivity index (χ4v) is 1.39. The Kier molecular flexibility index (Phi) is 3.01. The molecule has 1 aromatic heterocycles. The Morgan fingerprint density at radius 3 is 2.44 bits per heavy atom. The molecule has 0 saturated carbocycles. The van der Waals surface area contributed by atoms with Crippen LogP contribution in [0, 0.1) is 0 Å². The van der Waals surface area contributed by atoms with Crippen LogP contribution >= 0.6 is 0 Å². The Morgan fingerprint density at radius 2 is 1.88 bits per heavy atom. The van der Waals surface area contributed by atoms with Gasteiger partial charge in [-0.15, -0.1) is 0 Å². The van der Waals surface area contributed by atoms with Gasteiger partial charge in [-0.25, -0.2) is 0 Å². The second-order valence-corrected chi connectivity index (χ2v) is 3.53. The first-order chi connectivity index (χ1) is 7.75. The Bertz CT molecular complexity index is 490. The lowest BCUT2D eigenvalue weighted by Gasteiger charge is -1.96. The Balaban J connectivity index is 2.14. The zero-order valence-electron chi connectivity index (χ0n) is 9.01. The highest BCUT2D eigenvalue weighted by molar-refractivity contribution is 5.94. The summed E-state index contributed by atoms with van der Waals surface area (Å²) in [5, 5.41) is 0. The fourth-order valence-electron chi connectivity index (χ4n) is 1.39. The molecule has 0 atom stereocenters. The molecule has 0 aliphatic carbocycles. The van der Waals surface area contributed by atoms with Crippen LogP contribution in [-0.2, 0) is 0 Å². The van der Waals surface area contributed by atoms with E-state index in [1.807, 2.05) is 48.6 Å². The maximum absolute atomic E-state index is 11.1. The minimum atomic E-state index is 0.0848. The summed E-state index contributed by atoms with van der Waals surface area (Å²) in [4.78, 5) is 11.1. The number of hydrogen-bond acceptors (Lipinski definition) is 2. The number of furan rings is 1. The molecule has 1 aromatic carbocycles. The van der Waals surface area contributed by atoms with Gasteiger partial charge in [-0.05, 0) is 30.7 Å². The zero-order valence-corrected chi connectivity index (χ0v) is 9.01. The molecule has 0 amide bonds. The molecule has 2 aromatic rings. The Labute approximate surface area is 94.2 Å². The van der Waals surface area contributed by atoms with E-state index in [1.165, 1.54) is 0 Å². The van der Waals surface area contributed by atoms with Crippen molar-refractivity contribution >= 4 is 17.9 Å². The molecule has 0 fully saturated rings. The number of rotatable bonds is 3. The normalized spacial score (nSPS) is 10.8. The van der Waals surface area contributed by atoms with Gasteiger partial charge in [0.15, 0.2) is 5.78 Å². The van der Waals surface area contributed by atoms with Crippen molar-refractivity contribution in [2.24, 2.45) is 0 Å². The van der Waals surface area contributed by atoms with E-state index in [9.17, 15) is 4.79 Å². The van der Waals surface area contributed by atoms with Crippen LogP contribution < -0.4 is 0 Å². The number of carbonyl (C=O) groups excluding carboxylic acids is 1. The van der Waals surface area contributed by atoms with Gasteiger partial charge in [0.1, 0.15) is 5.76 Å². The fraction of sp³-hybridized carbons (Fsp3) is 0.0714. The molecule has 1 heterocycles. The summed E-state index contributed by atoms with van der Waals surface area (Å²) in [6, 6.07) is 11.2. The third-order valence-electron chi connectivity index (χ3n) is 2.30.